The highest BCUT2D eigenvalue weighted by molar-refractivity contribution is 6.39. The predicted molar refractivity (Wildman–Crippen MR) is 80.1 cm³/mol. The predicted octanol–water partition coefficient (Wildman–Crippen LogP) is 1.03. The minimum Gasteiger partial charge on any atom is -0.493 e. The Balaban J connectivity index is 2.11. The fraction of sp³-hybridized carbons (Fsp3) is 0.467. The lowest BCUT2D eigenvalue weighted by Crippen LogP contribution is -2.41. The second kappa shape index (κ2) is 7.77. The molecule has 1 aliphatic rings. The summed E-state index contributed by atoms with van der Waals surface area (Å²) in [7, 11) is 2.77. The fourth-order valence-electron chi connectivity index (χ4n) is 2.22. The summed E-state index contributed by atoms with van der Waals surface area (Å²) < 4.78 is 29.2. The average Bonchev–Trinajstić information content (AvgIpc) is 2.84. The van der Waals surface area contributed by atoms with Crippen LogP contribution >= 0.6 is 0 Å². The molecular formula is C15H19FN2O5. The van der Waals surface area contributed by atoms with E-state index in [0.717, 1.165) is 6.07 Å². The topological polar surface area (TPSA) is 77.1 Å². The number of carbonyl (C=O) groups is 2. The van der Waals surface area contributed by atoms with E-state index in [0.29, 0.717) is 32.7 Å². The van der Waals surface area contributed by atoms with Crippen molar-refractivity contribution >= 4 is 17.5 Å². The van der Waals surface area contributed by atoms with Crippen LogP contribution in [0.2, 0.25) is 0 Å². The van der Waals surface area contributed by atoms with Gasteiger partial charge in [-0.3, -0.25) is 9.59 Å². The van der Waals surface area contributed by atoms with Crippen LogP contribution < -0.4 is 14.8 Å². The zero-order chi connectivity index (χ0) is 16.8. The highest BCUT2D eigenvalue weighted by Gasteiger charge is 2.24. The Morgan fingerprint density at radius 3 is 2.57 bits per heavy atom. The number of hydrogen-bond acceptors (Lipinski definition) is 5. The number of hydrogen-bond donors (Lipinski definition) is 1. The molecule has 1 aromatic carbocycles. The van der Waals surface area contributed by atoms with Crippen molar-refractivity contribution in [1.82, 2.24) is 4.90 Å². The van der Waals surface area contributed by atoms with Crippen molar-refractivity contribution in [3.63, 3.8) is 0 Å². The van der Waals surface area contributed by atoms with Crippen molar-refractivity contribution < 1.29 is 28.2 Å². The van der Waals surface area contributed by atoms with E-state index in [1.165, 1.54) is 25.2 Å². The molecule has 2 rings (SSSR count). The lowest BCUT2D eigenvalue weighted by molar-refractivity contribution is -0.143. The van der Waals surface area contributed by atoms with Crippen molar-refractivity contribution in [2.24, 2.45) is 0 Å². The summed E-state index contributed by atoms with van der Waals surface area (Å²) in [6.45, 7) is 1.70. The third-order valence-corrected chi connectivity index (χ3v) is 3.43. The number of nitrogens with one attached hydrogen (secondary N) is 1. The number of anilines is 1. The summed E-state index contributed by atoms with van der Waals surface area (Å²) in [5, 5.41) is 2.27. The molecule has 1 aromatic rings. The molecule has 0 radical (unpaired) electrons. The molecule has 0 aromatic heterocycles. The van der Waals surface area contributed by atoms with E-state index in [-0.39, 0.29) is 17.2 Å². The van der Waals surface area contributed by atoms with Crippen molar-refractivity contribution in [3.05, 3.63) is 17.9 Å². The van der Waals surface area contributed by atoms with Gasteiger partial charge in [-0.05, 0) is 6.42 Å². The molecule has 1 saturated heterocycles. The maximum atomic E-state index is 14.0. The second-order valence-electron chi connectivity index (χ2n) is 4.90. The number of amides is 2. The minimum atomic E-state index is -0.905. The molecule has 2 amide bonds. The molecule has 7 nitrogen and oxygen atoms in total. The molecule has 0 aliphatic carbocycles. The molecule has 126 valence electrons. The van der Waals surface area contributed by atoms with E-state index in [9.17, 15) is 14.0 Å². The molecule has 0 spiro atoms. The van der Waals surface area contributed by atoms with E-state index >= 15 is 0 Å². The summed E-state index contributed by atoms with van der Waals surface area (Å²) in [6, 6.07) is 2.35. The first-order chi connectivity index (χ1) is 11.1. The second-order valence-corrected chi connectivity index (χ2v) is 4.90. The third kappa shape index (κ3) is 4.10. The molecule has 0 bridgehead atoms. The number of benzene rings is 1. The largest absolute Gasteiger partial charge is 0.493 e. The Morgan fingerprint density at radius 2 is 1.87 bits per heavy atom. The summed E-state index contributed by atoms with van der Waals surface area (Å²) in [4.78, 5) is 25.6. The molecule has 1 fully saturated rings. The smallest absolute Gasteiger partial charge is 0.313 e. The molecule has 0 atom stereocenters. The first-order valence-electron chi connectivity index (χ1n) is 7.16. The average molecular weight is 326 g/mol. The number of rotatable bonds is 3. The Hall–Kier alpha value is -2.35. The number of carbonyl (C=O) groups excluding carboxylic acids is 2. The lowest BCUT2D eigenvalue weighted by Gasteiger charge is -2.19. The van der Waals surface area contributed by atoms with Crippen molar-refractivity contribution in [1.29, 1.82) is 0 Å². The van der Waals surface area contributed by atoms with Crippen LogP contribution in [0.5, 0.6) is 11.5 Å². The molecule has 0 unspecified atom stereocenters. The highest BCUT2D eigenvalue weighted by atomic mass is 19.1. The van der Waals surface area contributed by atoms with Crippen molar-refractivity contribution in [2.45, 2.75) is 6.42 Å². The van der Waals surface area contributed by atoms with Gasteiger partial charge in [-0.25, -0.2) is 4.39 Å². The van der Waals surface area contributed by atoms with Gasteiger partial charge in [-0.15, -0.1) is 0 Å². The summed E-state index contributed by atoms with van der Waals surface area (Å²) in [6.07, 6.45) is 0.656. The van der Waals surface area contributed by atoms with Crippen LogP contribution in [-0.2, 0) is 14.3 Å². The lowest BCUT2D eigenvalue weighted by atomic mass is 10.2. The van der Waals surface area contributed by atoms with E-state index in [1.807, 2.05) is 0 Å². The van der Waals surface area contributed by atoms with Gasteiger partial charge < -0.3 is 24.4 Å². The number of ether oxygens (including phenoxy) is 3. The highest BCUT2D eigenvalue weighted by Crippen LogP contribution is 2.32. The molecule has 1 aliphatic heterocycles. The van der Waals surface area contributed by atoms with Gasteiger partial charge in [0.05, 0.1) is 26.5 Å². The quantitative estimate of drug-likeness (QED) is 0.840. The monoisotopic (exact) mass is 326 g/mol. The first kappa shape index (κ1) is 17.0. The van der Waals surface area contributed by atoms with E-state index in [2.05, 4.69) is 5.32 Å². The number of methoxy groups -OCH3 is 2. The molecule has 1 N–H and O–H groups in total. The normalized spacial score (nSPS) is 14.8. The van der Waals surface area contributed by atoms with Crippen LogP contribution in [0.15, 0.2) is 12.1 Å². The molecule has 8 heteroatoms. The van der Waals surface area contributed by atoms with Crippen LogP contribution in [0.1, 0.15) is 6.42 Å². The summed E-state index contributed by atoms with van der Waals surface area (Å²) >= 11 is 0. The number of halogens is 1. The Labute approximate surface area is 133 Å². The van der Waals surface area contributed by atoms with Crippen LogP contribution in [0.3, 0.4) is 0 Å². The Kier molecular flexibility index (Phi) is 5.75. The van der Waals surface area contributed by atoms with Gasteiger partial charge in [-0.1, -0.05) is 0 Å². The zero-order valence-electron chi connectivity index (χ0n) is 13.1. The summed E-state index contributed by atoms with van der Waals surface area (Å²) in [5.74, 6) is -1.90. The third-order valence-electron chi connectivity index (χ3n) is 3.43. The van der Waals surface area contributed by atoms with Gasteiger partial charge in [0.2, 0.25) is 0 Å². The van der Waals surface area contributed by atoms with Gasteiger partial charge in [-0.2, -0.15) is 0 Å². The van der Waals surface area contributed by atoms with Crippen LogP contribution in [-0.4, -0.2) is 57.2 Å². The molecule has 23 heavy (non-hydrogen) atoms. The van der Waals surface area contributed by atoms with Crippen LogP contribution in [0.4, 0.5) is 10.1 Å². The van der Waals surface area contributed by atoms with Gasteiger partial charge in [0.1, 0.15) is 0 Å². The van der Waals surface area contributed by atoms with E-state index in [4.69, 9.17) is 14.2 Å². The molecule has 0 saturated carbocycles. The van der Waals surface area contributed by atoms with Gasteiger partial charge in [0, 0.05) is 31.8 Å². The van der Waals surface area contributed by atoms with Gasteiger partial charge in [0.15, 0.2) is 17.3 Å². The zero-order valence-corrected chi connectivity index (χ0v) is 13.1. The van der Waals surface area contributed by atoms with Gasteiger partial charge in [0.25, 0.3) is 0 Å². The molecular weight excluding hydrogens is 307 g/mol. The standard InChI is InChI=1S/C15H19FN2O5/c1-21-12-8-10(16)11(9-13(12)22-2)17-14(19)15(20)18-4-3-6-23-7-5-18/h8-9H,3-7H2,1-2H3,(H,17,19). The SMILES string of the molecule is COc1cc(F)c(NC(=O)C(=O)N2CCCOCC2)cc1OC. The van der Waals surface area contributed by atoms with Gasteiger partial charge >= 0.3 is 11.8 Å². The van der Waals surface area contributed by atoms with Crippen molar-refractivity contribution in [3.8, 4) is 11.5 Å². The molecule has 1 heterocycles. The van der Waals surface area contributed by atoms with Crippen molar-refractivity contribution in [2.75, 3.05) is 45.8 Å². The number of nitrogens with zero attached hydrogens (tertiary/aromatic N) is 1. The first-order valence-corrected chi connectivity index (χ1v) is 7.16. The maximum absolute atomic E-state index is 14.0. The van der Waals surface area contributed by atoms with E-state index < -0.39 is 17.6 Å². The van der Waals surface area contributed by atoms with E-state index in [1.54, 1.807) is 0 Å². The summed E-state index contributed by atoms with van der Waals surface area (Å²) in [5.41, 5.74) is -0.146. The maximum Gasteiger partial charge on any atom is 0.313 e. The Morgan fingerprint density at radius 1 is 1.17 bits per heavy atom. The minimum absolute atomic E-state index is 0.146. The Bertz CT molecular complexity index is 585. The van der Waals surface area contributed by atoms with Crippen LogP contribution in [0.25, 0.3) is 0 Å². The van der Waals surface area contributed by atoms with Crippen LogP contribution in [0, 0.1) is 5.82 Å². The fourth-order valence-corrected chi connectivity index (χ4v) is 2.22.